The summed E-state index contributed by atoms with van der Waals surface area (Å²) in [5.41, 5.74) is 2.25. The van der Waals surface area contributed by atoms with Gasteiger partial charge >= 0.3 is 6.09 Å². The molecule has 11 heteroatoms. The number of hydrogen-bond donors (Lipinski definition) is 2. The topological polar surface area (TPSA) is 123 Å². The Morgan fingerprint density at radius 3 is 2.79 bits per heavy atom. The average molecular weight is 428 g/mol. The van der Waals surface area contributed by atoms with Gasteiger partial charge in [-0.15, -0.1) is 0 Å². The number of benzene rings is 1. The molecule has 29 heavy (non-hydrogen) atoms. The second-order valence-corrected chi connectivity index (χ2v) is 10.1. The van der Waals surface area contributed by atoms with E-state index >= 15 is 0 Å². The number of halogens is 1. The summed E-state index contributed by atoms with van der Waals surface area (Å²) < 4.78 is 52.7. The summed E-state index contributed by atoms with van der Waals surface area (Å²) in [5, 5.41) is 2.37. The molecule has 2 aliphatic rings. The summed E-state index contributed by atoms with van der Waals surface area (Å²) in [6.07, 6.45) is -0.227. The van der Waals surface area contributed by atoms with Crippen LogP contribution in [0.3, 0.4) is 0 Å². The van der Waals surface area contributed by atoms with Crippen molar-refractivity contribution in [2.24, 2.45) is 4.99 Å². The first kappa shape index (κ1) is 21.3. The fourth-order valence-corrected chi connectivity index (χ4v) is 5.12. The largest absolute Gasteiger partial charge is 0.444 e. The SMILES string of the molecule is CN1C(NC(=O)OC(C)(C)C)=N[C@@]2(c3cc(N)ccc3F)CCCOC2S1(=O)=O. The van der Waals surface area contributed by atoms with Gasteiger partial charge in [0.2, 0.25) is 11.4 Å². The van der Waals surface area contributed by atoms with Crippen LogP contribution in [0.1, 0.15) is 39.2 Å². The number of rotatable bonds is 1. The normalized spacial score (nSPS) is 26.3. The highest BCUT2D eigenvalue weighted by molar-refractivity contribution is 7.90. The van der Waals surface area contributed by atoms with E-state index in [1.54, 1.807) is 20.8 Å². The van der Waals surface area contributed by atoms with Crippen molar-refractivity contribution >= 4 is 27.8 Å². The predicted molar refractivity (Wildman–Crippen MR) is 105 cm³/mol. The fraction of sp³-hybridized carbons (Fsp3) is 0.556. The van der Waals surface area contributed by atoms with Crippen molar-refractivity contribution in [1.82, 2.24) is 9.62 Å². The molecule has 0 radical (unpaired) electrons. The van der Waals surface area contributed by atoms with Crippen molar-refractivity contribution in [3.8, 4) is 0 Å². The van der Waals surface area contributed by atoms with E-state index < -0.39 is 38.5 Å². The summed E-state index contributed by atoms with van der Waals surface area (Å²) in [4.78, 5) is 16.7. The van der Waals surface area contributed by atoms with Gasteiger partial charge in [-0.2, -0.15) is 0 Å². The molecule has 3 rings (SSSR count). The molecular weight excluding hydrogens is 403 g/mol. The molecule has 1 fully saturated rings. The zero-order chi connectivity index (χ0) is 21.6. The van der Waals surface area contributed by atoms with Gasteiger partial charge in [-0.25, -0.2) is 26.9 Å². The van der Waals surface area contributed by atoms with Gasteiger partial charge in [0.15, 0.2) is 0 Å². The molecule has 2 heterocycles. The van der Waals surface area contributed by atoms with Gasteiger partial charge in [0, 0.05) is 24.9 Å². The summed E-state index contributed by atoms with van der Waals surface area (Å²) in [6.45, 7) is 5.20. The molecule has 1 unspecified atom stereocenters. The van der Waals surface area contributed by atoms with Crippen LogP contribution in [0.25, 0.3) is 0 Å². The number of nitrogens with one attached hydrogen (secondary N) is 1. The summed E-state index contributed by atoms with van der Waals surface area (Å²) in [7, 11) is -2.90. The number of aliphatic imine (C=N–C) groups is 1. The van der Waals surface area contributed by atoms with E-state index in [4.69, 9.17) is 15.2 Å². The van der Waals surface area contributed by atoms with Gasteiger partial charge in [-0.05, 0) is 51.8 Å². The van der Waals surface area contributed by atoms with Crippen LogP contribution in [-0.2, 0) is 25.0 Å². The van der Waals surface area contributed by atoms with Crippen LogP contribution in [-0.4, -0.2) is 49.5 Å². The third kappa shape index (κ3) is 3.88. The van der Waals surface area contributed by atoms with Gasteiger partial charge in [-0.1, -0.05) is 0 Å². The number of carbonyl (C=O) groups is 1. The number of anilines is 1. The lowest BCUT2D eigenvalue weighted by Gasteiger charge is -2.46. The molecule has 1 saturated heterocycles. The van der Waals surface area contributed by atoms with Crippen molar-refractivity contribution in [2.45, 2.75) is 50.2 Å². The Labute approximate surface area is 169 Å². The Bertz CT molecular complexity index is 959. The molecule has 0 bridgehead atoms. The van der Waals surface area contributed by atoms with Crippen LogP contribution in [0.15, 0.2) is 23.2 Å². The van der Waals surface area contributed by atoms with E-state index in [1.165, 1.54) is 19.2 Å². The zero-order valence-electron chi connectivity index (χ0n) is 16.7. The number of nitrogens with zero attached hydrogens (tertiary/aromatic N) is 2. The molecule has 1 aromatic rings. The third-order valence-corrected chi connectivity index (χ3v) is 6.69. The molecule has 0 spiro atoms. The lowest BCUT2D eigenvalue weighted by Crippen LogP contribution is -2.61. The smallest absolute Gasteiger partial charge is 0.414 e. The average Bonchev–Trinajstić information content (AvgIpc) is 2.60. The number of fused-ring (bicyclic) bond motifs is 1. The number of amides is 1. The lowest BCUT2D eigenvalue weighted by molar-refractivity contribution is 0.000164. The molecule has 2 atom stereocenters. The Hall–Kier alpha value is -2.40. The summed E-state index contributed by atoms with van der Waals surface area (Å²) in [5.74, 6) is -0.933. The van der Waals surface area contributed by atoms with Gasteiger partial charge < -0.3 is 15.2 Å². The second-order valence-electron chi connectivity index (χ2n) is 8.04. The van der Waals surface area contributed by atoms with Crippen LogP contribution in [0.2, 0.25) is 0 Å². The second kappa shape index (κ2) is 7.13. The van der Waals surface area contributed by atoms with Crippen molar-refractivity contribution in [3.63, 3.8) is 0 Å². The Morgan fingerprint density at radius 2 is 2.14 bits per heavy atom. The number of carbonyl (C=O) groups excluding carboxylic acids is 1. The number of sulfonamides is 1. The van der Waals surface area contributed by atoms with Crippen LogP contribution in [0.4, 0.5) is 14.9 Å². The summed E-state index contributed by atoms with van der Waals surface area (Å²) in [6, 6.07) is 3.89. The van der Waals surface area contributed by atoms with E-state index in [9.17, 15) is 17.6 Å². The van der Waals surface area contributed by atoms with Crippen molar-refractivity contribution < 1.29 is 27.1 Å². The van der Waals surface area contributed by atoms with E-state index in [0.717, 1.165) is 10.4 Å². The first-order valence-electron chi connectivity index (χ1n) is 9.11. The minimum absolute atomic E-state index is 0.00219. The third-order valence-electron chi connectivity index (χ3n) is 4.69. The van der Waals surface area contributed by atoms with E-state index in [-0.39, 0.29) is 30.2 Å². The van der Waals surface area contributed by atoms with Gasteiger partial charge in [0.05, 0.1) is 0 Å². The van der Waals surface area contributed by atoms with Crippen molar-refractivity contribution in [1.29, 1.82) is 0 Å². The molecule has 1 aromatic carbocycles. The summed E-state index contributed by atoms with van der Waals surface area (Å²) >= 11 is 0. The molecule has 2 aliphatic heterocycles. The zero-order valence-corrected chi connectivity index (χ0v) is 17.5. The number of guanidine groups is 1. The maximum atomic E-state index is 14.8. The van der Waals surface area contributed by atoms with Crippen LogP contribution < -0.4 is 11.1 Å². The van der Waals surface area contributed by atoms with E-state index in [2.05, 4.69) is 10.3 Å². The van der Waals surface area contributed by atoms with E-state index in [1.807, 2.05) is 0 Å². The maximum absolute atomic E-state index is 14.8. The molecule has 0 aliphatic carbocycles. The number of ether oxygens (including phenoxy) is 2. The van der Waals surface area contributed by atoms with Crippen molar-refractivity contribution in [3.05, 3.63) is 29.6 Å². The van der Waals surface area contributed by atoms with Crippen LogP contribution in [0, 0.1) is 5.82 Å². The minimum atomic E-state index is -4.13. The number of nitrogen functional groups attached to an aromatic ring is 1. The fourth-order valence-electron chi connectivity index (χ4n) is 3.45. The van der Waals surface area contributed by atoms with Gasteiger partial charge in [0.1, 0.15) is 17.0 Å². The van der Waals surface area contributed by atoms with Crippen molar-refractivity contribution in [2.75, 3.05) is 19.4 Å². The van der Waals surface area contributed by atoms with Crippen LogP contribution >= 0.6 is 0 Å². The highest BCUT2D eigenvalue weighted by atomic mass is 32.2. The Kier molecular flexibility index (Phi) is 5.24. The molecule has 9 nitrogen and oxygen atoms in total. The van der Waals surface area contributed by atoms with E-state index in [0.29, 0.717) is 6.42 Å². The maximum Gasteiger partial charge on any atom is 0.414 e. The number of hydrogen-bond acceptors (Lipinski definition) is 7. The first-order valence-corrected chi connectivity index (χ1v) is 10.6. The predicted octanol–water partition coefficient (Wildman–Crippen LogP) is 1.90. The standard InChI is InChI=1S/C18H25FN4O5S/c1-17(2,3)28-16(24)21-15-22-18(12-10-11(20)6-7-13(12)19)8-5-9-27-14(18)29(25,26)23(15)4/h6-7,10,14H,5,8-9,20H2,1-4H3,(H,21,22,24)/t14?,18-/m1/s1. The van der Waals surface area contributed by atoms with Gasteiger partial charge in [-0.3, -0.25) is 5.32 Å². The highest BCUT2D eigenvalue weighted by Crippen LogP contribution is 2.46. The molecule has 3 N–H and O–H groups in total. The lowest BCUT2D eigenvalue weighted by atomic mass is 9.84. The molecule has 1 amide bonds. The Balaban J connectivity index is 2.15. The molecule has 160 valence electrons. The molecular formula is C18H25FN4O5S. The quantitative estimate of drug-likeness (QED) is 0.659. The monoisotopic (exact) mass is 428 g/mol. The number of nitrogens with two attached hydrogens (primary N) is 1. The van der Waals surface area contributed by atoms with Crippen LogP contribution in [0.5, 0.6) is 0 Å². The van der Waals surface area contributed by atoms with Gasteiger partial charge in [0.25, 0.3) is 10.0 Å². The Morgan fingerprint density at radius 1 is 1.45 bits per heavy atom. The molecule has 0 saturated carbocycles. The highest BCUT2D eigenvalue weighted by Gasteiger charge is 2.57. The first-order chi connectivity index (χ1) is 13.4. The molecule has 0 aromatic heterocycles. The number of alkyl carbamates (subject to hydrolysis) is 1. The minimum Gasteiger partial charge on any atom is -0.444 e.